The summed E-state index contributed by atoms with van der Waals surface area (Å²) in [6.07, 6.45) is -0.0460. The van der Waals surface area contributed by atoms with Gasteiger partial charge in [-0.15, -0.1) is 10.2 Å². The van der Waals surface area contributed by atoms with Gasteiger partial charge in [0.2, 0.25) is 11.8 Å². The summed E-state index contributed by atoms with van der Waals surface area (Å²) in [7, 11) is 1.68. The first-order chi connectivity index (χ1) is 15.2. The minimum Gasteiger partial charge on any atom is -0.326 e. The summed E-state index contributed by atoms with van der Waals surface area (Å²) in [6.45, 7) is 1.67. The lowest BCUT2D eigenvalue weighted by atomic mass is 10.2. The topological polar surface area (TPSA) is 132 Å². The van der Waals surface area contributed by atoms with E-state index in [2.05, 4.69) is 20.8 Å². The monoisotopic (exact) mass is 458 g/mol. The third kappa shape index (κ3) is 5.88. The van der Waals surface area contributed by atoms with Gasteiger partial charge >= 0.3 is 0 Å². The Morgan fingerprint density at radius 1 is 1.12 bits per heavy atom. The molecule has 0 bridgehead atoms. The Morgan fingerprint density at radius 3 is 2.50 bits per heavy atom. The smallest absolute Gasteiger partial charge is 0.269 e. The summed E-state index contributed by atoms with van der Waals surface area (Å²) < 4.78 is 14.6. The lowest BCUT2D eigenvalue weighted by molar-refractivity contribution is -0.384. The number of aryl methyl sites for hydroxylation is 1. The Bertz CT molecular complexity index is 1170. The highest BCUT2D eigenvalue weighted by Crippen LogP contribution is 2.22. The number of anilines is 2. The maximum Gasteiger partial charge on any atom is 0.269 e. The van der Waals surface area contributed by atoms with Crippen molar-refractivity contribution in [2.45, 2.75) is 18.5 Å². The second-order valence-corrected chi connectivity index (χ2v) is 7.73. The fourth-order valence-corrected chi connectivity index (χ4v) is 3.45. The van der Waals surface area contributed by atoms with Gasteiger partial charge in [-0.1, -0.05) is 11.8 Å². The van der Waals surface area contributed by atoms with Crippen molar-refractivity contribution in [1.82, 2.24) is 14.8 Å². The number of benzene rings is 2. The molecule has 10 nitrogen and oxygen atoms in total. The molecule has 0 unspecified atom stereocenters. The molecule has 2 aromatic carbocycles. The Kier molecular flexibility index (Phi) is 7.15. The summed E-state index contributed by atoms with van der Waals surface area (Å²) in [4.78, 5) is 34.8. The summed E-state index contributed by atoms with van der Waals surface area (Å²) in [5.74, 6) is -0.616. The van der Waals surface area contributed by atoms with E-state index >= 15 is 0 Å². The third-order valence-corrected chi connectivity index (χ3v) is 5.42. The Labute approximate surface area is 186 Å². The molecule has 0 radical (unpaired) electrons. The van der Waals surface area contributed by atoms with Crippen LogP contribution in [0.5, 0.6) is 0 Å². The zero-order chi connectivity index (χ0) is 23.3. The molecule has 12 heteroatoms. The first-order valence-electron chi connectivity index (χ1n) is 9.34. The van der Waals surface area contributed by atoms with E-state index < -0.39 is 10.7 Å². The van der Waals surface area contributed by atoms with Gasteiger partial charge in [-0.2, -0.15) is 0 Å². The highest BCUT2D eigenvalue weighted by atomic mass is 32.2. The summed E-state index contributed by atoms with van der Waals surface area (Å²) in [5.41, 5.74) is 1.47. The molecule has 0 saturated carbocycles. The molecule has 2 amide bonds. The Hall–Kier alpha value is -3.80. The number of thioether (sulfide) groups is 1. The number of nitro benzene ring substituents is 1. The summed E-state index contributed by atoms with van der Waals surface area (Å²) in [6, 6.07) is 9.59. The fourth-order valence-electron chi connectivity index (χ4n) is 2.72. The number of non-ortho nitro benzene ring substituents is 1. The minimum atomic E-state index is -0.500. The number of nitro groups is 1. The molecule has 1 aromatic heterocycles. The zero-order valence-corrected chi connectivity index (χ0v) is 18.0. The number of hydrogen-bond donors (Lipinski definition) is 2. The molecule has 0 spiro atoms. The molecule has 0 saturated heterocycles. The van der Waals surface area contributed by atoms with Crippen LogP contribution in [0.25, 0.3) is 0 Å². The minimum absolute atomic E-state index is 0.0319. The van der Waals surface area contributed by atoms with Crippen molar-refractivity contribution in [1.29, 1.82) is 0 Å². The summed E-state index contributed by atoms with van der Waals surface area (Å²) >= 11 is 1.14. The van der Waals surface area contributed by atoms with Crippen LogP contribution in [0.4, 0.5) is 21.5 Å². The van der Waals surface area contributed by atoms with Crippen LogP contribution in [0, 0.1) is 22.9 Å². The van der Waals surface area contributed by atoms with E-state index in [1.54, 1.807) is 18.5 Å². The van der Waals surface area contributed by atoms with E-state index in [4.69, 9.17) is 0 Å². The zero-order valence-electron chi connectivity index (χ0n) is 17.2. The number of aromatic nitrogens is 3. The van der Waals surface area contributed by atoms with E-state index in [1.165, 1.54) is 42.5 Å². The van der Waals surface area contributed by atoms with Gasteiger partial charge < -0.3 is 15.2 Å². The van der Waals surface area contributed by atoms with Crippen molar-refractivity contribution in [2.75, 3.05) is 16.4 Å². The van der Waals surface area contributed by atoms with Crippen LogP contribution >= 0.6 is 11.8 Å². The second-order valence-electron chi connectivity index (χ2n) is 6.78. The molecule has 3 aromatic rings. The maximum absolute atomic E-state index is 13.0. The number of amides is 2. The van der Waals surface area contributed by atoms with Crippen LogP contribution in [0.3, 0.4) is 0 Å². The normalized spacial score (nSPS) is 10.6. The van der Waals surface area contributed by atoms with Gasteiger partial charge in [0.1, 0.15) is 11.6 Å². The number of halogens is 1. The highest BCUT2D eigenvalue weighted by Gasteiger charge is 2.16. The SMILES string of the molecule is Cc1cc([N+](=O)[O-])ccc1NC(=O)CSc1nnc(CC(=O)Nc2ccc(F)cc2)n1C. The number of nitrogens with one attached hydrogen (secondary N) is 2. The maximum atomic E-state index is 13.0. The fraction of sp³-hybridized carbons (Fsp3) is 0.200. The largest absolute Gasteiger partial charge is 0.326 e. The van der Waals surface area contributed by atoms with Crippen LogP contribution < -0.4 is 10.6 Å². The van der Waals surface area contributed by atoms with Crippen molar-refractivity contribution in [3.05, 3.63) is 69.8 Å². The number of nitrogens with zero attached hydrogens (tertiary/aromatic N) is 4. The van der Waals surface area contributed by atoms with Crippen LogP contribution in [0.15, 0.2) is 47.6 Å². The van der Waals surface area contributed by atoms with Gasteiger partial charge in [0, 0.05) is 30.6 Å². The number of rotatable bonds is 8. The molecular formula is C20H19FN6O4S. The molecule has 0 atom stereocenters. The molecule has 0 fully saturated rings. The standard InChI is InChI=1S/C20H19FN6O4S/c1-12-9-15(27(30)31)7-8-16(12)23-19(29)11-32-20-25-24-17(26(20)2)10-18(28)22-14-5-3-13(21)4-6-14/h3-9H,10-11H2,1-2H3,(H,22,28)(H,23,29). The van der Waals surface area contributed by atoms with Gasteiger partial charge in [-0.25, -0.2) is 4.39 Å². The van der Waals surface area contributed by atoms with Crippen LogP contribution in [-0.2, 0) is 23.1 Å². The van der Waals surface area contributed by atoms with Crippen LogP contribution in [0.1, 0.15) is 11.4 Å². The lowest BCUT2D eigenvalue weighted by Gasteiger charge is -2.08. The third-order valence-electron chi connectivity index (χ3n) is 4.40. The lowest BCUT2D eigenvalue weighted by Crippen LogP contribution is -2.17. The molecule has 1 heterocycles. The molecule has 0 aliphatic heterocycles. The summed E-state index contributed by atoms with van der Waals surface area (Å²) in [5, 5.41) is 24.6. The van der Waals surface area contributed by atoms with E-state index in [0.29, 0.717) is 27.9 Å². The second kappa shape index (κ2) is 10.0. The van der Waals surface area contributed by atoms with Gasteiger partial charge in [0.15, 0.2) is 5.16 Å². The molecule has 32 heavy (non-hydrogen) atoms. The van der Waals surface area contributed by atoms with Crippen molar-refractivity contribution in [2.24, 2.45) is 7.05 Å². The molecule has 0 aliphatic carbocycles. The Balaban J connectivity index is 1.54. The molecule has 3 rings (SSSR count). The molecule has 0 aliphatic rings. The van der Waals surface area contributed by atoms with Gasteiger partial charge in [-0.3, -0.25) is 19.7 Å². The first-order valence-corrected chi connectivity index (χ1v) is 10.3. The van der Waals surface area contributed by atoms with Crippen LogP contribution in [0.2, 0.25) is 0 Å². The predicted molar refractivity (Wildman–Crippen MR) is 117 cm³/mol. The average Bonchev–Trinajstić information content (AvgIpc) is 3.08. The van der Waals surface area contributed by atoms with Crippen molar-refractivity contribution < 1.29 is 18.9 Å². The molecular weight excluding hydrogens is 439 g/mol. The number of carbonyl (C=O) groups is 2. The van der Waals surface area contributed by atoms with Gasteiger partial charge in [0.05, 0.1) is 17.1 Å². The molecule has 166 valence electrons. The van der Waals surface area contributed by atoms with Crippen LogP contribution in [-0.4, -0.2) is 37.3 Å². The first kappa shape index (κ1) is 22.9. The van der Waals surface area contributed by atoms with Gasteiger partial charge in [0.25, 0.3) is 5.69 Å². The van der Waals surface area contributed by atoms with E-state index in [1.807, 2.05) is 0 Å². The van der Waals surface area contributed by atoms with Crippen molar-refractivity contribution in [3.63, 3.8) is 0 Å². The predicted octanol–water partition coefficient (Wildman–Crippen LogP) is 3.08. The Morgan fingerprint density at radius 2 is 1.84 bits per heavy atom. The van der Waals surface area contributed by atoms with Crippen molar-refractivity contribution >= 4 is 40.6 Å². The van der Waals surface area contributed by atoms with Crippen molar-refractivity contribution in [3.8, 4) is 0 Å². The number of hydrogen-bond acceptors (Lipinski definition) is 7. The van der Waals surface area contributed by atoms with Gasteiger partial charge in [-0.05, 0) is 42.8 Å². The van der Waals surface area contributed by atoms with E-state index in [9.17, 15) is 24.1 Å². The number of carbonyl (C=O) groups excluding carboxylic acids is 2. The molecule has 2 N–H and O–H groups in total. The van der Waals surface area contributed by atoms with E-state index in [0.717, 1.165) is 11.8 Å². The van der Waals surface area contributed by atoms with E-state index in [-0.39, 0.29) is 29.7 Å². The average molecular weight is 458 g/mol. The quantitative estimate of drug-likeness (QED) is 0.301. The highest BCUT2D eigenvalue weighted by molar-refractivity contribution is 7.99.